The molecule has 3 aromatic rings. The van der Waals surface area contributed by atoms with E-state index in [0.29, 0.717) is 38.3 Å². The van der Waals surface area contributed by atoms with Gasteiger partial charge in [-0.15, -0.1) is 0 Å². The minimum atomic E-state index is -0.301. The predicted molar refractivity (Wildman–Crippen MR) is 217 cm³/mol. The molecule has 58 heavy (non-hydrogen) atoms. The summed E-state index contributed by atoms with van der Waals surface area (Å²) in [7, 11) is 6.55. The van der Waals surface area contributed by atoms with Gasteiger partial charge < -0.3 is 24.8 Å². The van der Waals surface area contributed by atoms with Crippen molar-refractivity contribution in [2.24, 2.45) is 0 Å². The summed E-state index contributed by atoms with van der Waals surface area (Å²) in [5.74, 6) is 0.368. The second kappa shape index (κ2) is 34.0. The van der Waals surface area contributed by atoms with Crippen LogP contribution in [-0.4, -0.2) is 142 Å². The highest BCUT2D eigenvalue weighted by Gasteiger charge is 2.19. The Bertz CT molecular complexity index is 1580. The summed E-state index contributed by atoms with van der Waals surface area (Å²) >= 11 is 0. The van der Waals surface area contributed by atoms with Gasteiger partial charge in [-0.2, -0.15) is 28.8 Å². The Kier molecular flexibility index (Phi) is 31.0. The first-order valence-electron chi connectivity index (χ1n) is 18.9. The van der Waals surface area contributed by atoms with E-state index in [0.717, 1.165) is 81.9 Å². The van der Waals surface area contributed by atoms with E-state index in [4.69, 9.17) is 33.5 Å². The fourth-order valence-electron chi connectivity index (χ4n) is 5.87. The second-order valence-corrected chi connectivity index (χ2v) is 13.7. The number of nitrogens with zero attached hydrogens (tertiary/aromatic N) is 4. The lowest BCUT2D eigenvalue weighted by molar-refractivity contribution is -0.193. The molecule has 1 atom stereocenters. The maximum absolute atomic E-state index is 13.2. The van der Waals surface area contributed by atoms with Crippen molar-refractivity contribution in [1.82, 2.24) is 24.9 Å². The van der Waals surface area contributed by atoms with Gasteiger partial charge in [0.15, 0.2) is 5.78 Å². The molecule has 0 radical (unpaired) electrons. The lowest BCUT2D eigenvalue weighted by Crippen LogP contribution is -2.44. The quantitative estimate of drug-likeness (QED) is 0.224. The van der Waals surface area contributed by atoms with Gasteiger partial charge in [0.1, 0.15) is 12.4 Å². The van der Waals surface area contributed by atoms with Gasteiger partial charge in [-0.3, -0.25) is 14.5 Å². The Morgan fingerprint density at radius 3 is 1.50 bits per heavy atom. The van der Waals surface area contributed by atoms with Crippen LogP contribution in [-0.2, 0) is 69.1 Å². The zero-order valence-corrected chi connectivity index (χ0v) is 33.4. The predicted octanol–water partition coefficient (Wildman–Crippen LogP) is 3.06. The van der Waals surface area contributed by atoms with Crippen LogP contribution in [0.2, 0.25) is 0 Å². The minimum Gasteiger partial charge on any atom is -0.369 e. The van der Waals surface area contributed by atoms with Crippen molar-refractivity contribution in [2.45, 2.75) is 52.3 Å². The average molecular weight is 804 g/mol. The van der Waals surface area contributed by atoms with E-state index in [1.807, 2.05) is 48.5 Å². The number of Topliss-reactive ketones (excluding diaryl/α,β-unsaturated/α-hetero) is 2. The maximum Gasteiger partial charge on any atom is 0.373 e. The number of ketones is 2. The number of hydrogen-bond acceptors (Lipinski definition) is 14. The number of likely N-dealkylation sites (N-methyl/N-ethyl adjacent to an activating group) is 3. The average Bonchev–Trinajstić information content (AvgIpc) is 3.21. The van der Waals surface area contributed by atoms with Gasteiger partial charge in [0.05, 0.1) is 19.2 Å². The molecule has 0 spiro atoms. The van der Waals surface area contributed by atoms with Gasteiger partial charge in [-0.25, -0.2) is 0 Å². The van der Waals surface area contributed by atoms with Crippen LogP contribution in [0.1, 0.15) is 42.5 Å². The third-order valence-corrected chi connectivity index (χ3v) is 9.30. The van der Waals surface area contributed by atoms with Crippen LogP contribution in [0.4, 0.5) is 0 Å². The molecule has 14 heteroatoms. The standard InChI is InChI=1S/C40H57N5O3.3CO2.CH4/c1-42-22-24-43(2)26-28-45(29-27-44(3)25-23-42)31-38(46)20-18-35-14-16-36(17-15-35)30-41-39(21-19-34-10-6-4-7-11-34)40(47)33-48-32-37-12-8-5-9-13-37;3*2-1-3;/h4-17,39,41H,18-33H2,1-3H3;;;;1H4/t39-;;;;/m1..../s1. The molecule has 1 aliphatic heterocycles. The van der Waals surface area contributed by atoms with Gasteiger partial charge >= 0.3 is 18.5 Å². The number of carbonyl (C=O) groups excluding carboxylic acids is 8. The SMILES string of the molecule is C.CN1CCN(C)CCN(CC(=O)CCc2ccc(CN[C@H](CCc3ccccc3)C(=O)COCc3ccccc3)cc2)CCN(C)CC1.O=C=O.O=C=O.O=C=O. The topological polar surface area (TPSA) is 171 Å². The van der Waals surface area contributed by atoms with E-state index in [-0.39, 0.29) is 44.3 Å². The Labute approximate surface area is 343 Å². The smallest absolute Gasteiger partial charge is 0.369 e. The number of ether oxygens (including phenoxy) is 1. The van der Waals surface area contributed by atoms with Crippen LogP contribution in [0.15, 0.2) is 84.9 Å². The van der Waals surface area contributed by atoms with Crippen molar-refractivity contribution in [3.8, 4) is 0 Å². The Balaban J connectivity index is 0.00000297. The monoisotopic (exact) mass is 803 g/mol. The van der Waals surface area contributed by atoms with E-state index < -0.39 is 0 Å². The maximum atomic E-state index is 13.2. The summed E-state index contributed by atoms with van der Waals surface area (Å²) in [5.41, 5.74) is 4.56. The Hall–Kier alpha value is -5.10. The number of rotatable bonds is 16. The van der Waals surface area contributed by atoms with Crippen molar-refractivity contribution in [3.05, 3.63) is 107 Å². The molecule has 1 saturated heterocycles. The summed E-state index contributed by atoms with van der Waals surface area (Å²) in [6, 6.07) is 28.4. The van der Waals surface area contributed by atoms with Crippen LogP contribution < -0.4 is 5.32 Å². The Morgan fingerprint density at radius 1 is 0.603 bits per heavy atom. The zero-order valence-electron chi connectivity index (χ0n) is 33.4. The first kappa shape index (κ1) is 52.9. The number of nitrogens with one attached hydrogen (secondary N) is 1. The fourth-order valence-corrected chi connectivity index (χ4v) is 5.87. The summed E-state index contributed by atoms with van der Waals surface area (Å²) in [6.45, 7) is 9.59. The van der Waals surface area contributed by atoms with Crippen molar-refractivity contribution in [3.63, 3.8) is 0 Å². The molecule has 3 aromatic carbocycles. The molecule has 0 bridgehead atoms. The molecule has 1 heterocycles. The van der Waals surface area contributed by atoms with Crippen LogP contribution in [0.25, 0.3) is 0 Å². The van der Waals surface area contributed by atoms with Gasteiger partial charge in [0.2, 0.25) is 0 Å². The molecule has 316 valence electrons. The molecule has 1 N–H and O–H groups in total. The normalized spacial score (nSPS) is 14.5. The number of aryl methyl sites for hydroxylation is 2. The largest absolute Gasteiger partial charge is 0.373 e. The zero-order chi connectivity index (χ0) is 42.1. The molecule has 0 unspecified atom stereocenters. The molecular weight excluding hydrogens is 743 g/mol. The lowest BCUT2D eigenvalue weighted by atomic mass is 10.0. The molecule has 1 fully saturated rings. The van der Waals surface area contributed by atoms with Crippen LogP contribution in [0, 0.1) is 0 Å². The summed E-state index contributed by atoms with van der Waals surface area (Å²) in [4.78, 5) is 84.5. The molecule has 0 amide bonds. The second-order valence-electron chi connectivity index (χ2n) is 13.7. The van der Waals surface area contributed by atoms with Crippen molar-refractivity contribution in [2.75, 3.05) is 86.7 Å². The summed E-state index contributed by atoms with van der Waals surface area (Å²) < 4.78 is 5.80. The molecular formula is C44H61N5O9. The molecule has 0 aromatic heterocycles. The van der Waals surface area contributed by atoms with E-state index in [2.05, 4.69) is 82.5 Å². The van der Waals surface area contributed by atoms with E-state index in [1.54, 1.807) is 0 Å². The van der Waals surface area contributed by atoms with Gasteiger partial charge in [-0.05, 0) is 62.7 Å². The van der Waals surface area contributed by atoms with E-state index in [1.165, 1.54) is 5.56 Å². The highest BCUT2D eigenvalue weighted by Crippen LogP contribution is 2.11. The highest BCUT2D eigenvalue weighted by molar-refractivity contribution is 5.85. The van der Waals surface area contributed by atoms with E-state index >= 15 is 0 Å². The van der Waals surface area contributed by atoms with Gasteiger partial charge in [0, 0.05) is 65.3 Å². The van der Waals surface area contributed by atoms with Crippen molar-refractivity contribution in [1.29, 1.82) is 0 Å². The molecule has 0 aliphatic carbocycles. The molecule has 0 saturated carbocycles. The summed E-state index contributed by atoms with van der Waals surface area (Å²) in [5, 5.41) is 3.51. The van der Waals surface area contributed by atoms with Crippen molar-refractivity contribution < 1.29 is 43.1 Å². The van der Waals surface area contributed by atoms with Crippen molar-refractivity contribution >= 4 is 30.0 Å². The third-order valence-electron chi connectivity index (χ3n) is 9.30. The third kappa shape index (κ3) is 25.9. The summed E-state index contributed by atoms with van der Waals surface area (Å²) in [6.07, 6.45) is 3.56. The number of carbonyl (C=O) groups is 2. The molecule has 4 rings (SSSR count). The molecule has 14 nitrogen and oxygen atoms in total. The minimum absolute atomic E-state index is 0. The number of benzene rings is 3. The fraction of sp³-hybridized carbons (Fsp3) is 0.477. The first-order chi connectivity index (χ1) is 27.6. The Morgan fingerprint density at radius 2 is 1.02 bits per heavy atom. The number of hydrogen-bond donors (Lipinski definition) is 1. The molecule has 1 aliphatic rings. The van der Waals surface area contributed by atoms with Crippen LogP contribution in [0.3, 0.4) is 0 Å². The van der Waals surface area contributed by atoms with E-state index in [9.17, 15) is 9.59 Å². The van der Waals surface area contributed by atoms with Gasteiger partial charge in [0.25, 0.3) is 0 Å². The van der Waals surface area contributed by atoms with Crippen LogP contribution in [0.5, 0.6) is 0 Å². The first-order valence-corrected chi connectivity index (χ1v) is 18.9. The highest BCUT2D eigenvalue weighted by atomic mass is 16.5. The van der Waals surface area contributed by atoms with Gasteiger partial charge in [-0.1, -0.05) is 92.4 Å². The lowest BCUT2D eigenvalue weighted by Gasteiger charge is -2.30. The van der Waals surface area contributed by atoms with Crippen LogP contribution >= 0.6 is 0 Å².